The molecule has 0 aromatic rings. The molecule has 0 amide bonds. The van der Waals surface area contributed by atoms with Crippen molar-refractivity contribution in [1.29, 1.82) is 0 Å². The van der Waals surface area contributed by atoms with E-state index < -0.39 is 24.2 Å². The maximum absolute atomic E-state index is 8.86. The molecule has 0 aromatic heterocycles. The fraction of sp³-hybridized carbons (Fsp3) is 0. The highest BCUT2D eigenvalue weighted by molar-refractivity contribution is 7.96. The predicted octanol–water partition coefficient (Wildman–Crippen LogP) is 1.14. The largest absolute Gasteiger partial charge is 0.473 e. The Morgan fingerprint density at radius 3 is 0.750 bits per heavy atom. The average molecular weight is 316 g/mol. The van der Waals surface area contributed by atoms with Gasteiger partial charge in [0.2, 0.25) is 0 Å². The summed E-state index contributed by atoms with van der Waals surface area (Å²) in [5.41, 5.74) is 0. The zero-order chi connectivity index (χ0) is 14.3. The molecule has 0 unspecified atom stereocenters. The Labute approximate surface area is 106 Å². The number of hydrogen-bond acceptors (Lipinski definition) is 4. The molecule has 16 heavy (non-hydrogen) atoms. The van der Waals surface area contributed by atoms with Crippen LogP contribution in [-0.2, 0) is 4.57 Å². The first kappa shape index (κ1) is 24.7. The summed E-state index contributed by atoms with van der Waals surface area (Å²) in [6, 6.07) is 0. The van der Waals surface area contributed by atoms with Gasteiger partial charge >= 0.3 is 24.2 Å². The molecule has 9 nitrogen and oxygen atoms in total. The van der Waals surface area contributed by atoms with Gasteiger partial charge in [-0.3, -0.25) is 4.57 Å². The summed E-state index contributed by atoms with van der Waals surface area (Å²) in [6.07, 6.45) is 0. The second kappa shape index (κ2) is 20.1. The van der Waals surface area contributed by atoms with Gasteiger partial charge in [-0.1, -0.05) is 37.9 Å². The van der Waals surface area contributed by atoms with Crippen LogP contribution in [0.4, 0.5) is 14.4 Å². The average Bonchev–Trinajstić information content (AvgIpc) is 1.76. The smallest absolute Gasteiger partial charge is 0.361 e. The van der Waals surface area contributed by atoms with Crippen LogP contribution in [-0.4, -0.2) is 41.0 Å². The maximum atomic E-state index is 8.86. The van der Waals surface area contributed by atoms with Gasteiger partial charge in [-0.25, -0.2) is 14.4 Å². The number of rotatable bonds is 0. The SMILES string of the molecule is O=C(O)S.O=C(O)S.O=C(O)S.O=[PH](O)O. The molecule has 0 aliphatic rings. The van der Waals surface area contributed by atoms with Gasteiger partial charge in [0.05, 0.1) is 0 Å². The summed E-state index contributed by atoms with van der Waals surface area (Å²) >= 11 is 8.65. The molecule has 0 aliphatic carbocycles. The van der Waals surface area contributed by atoms with Gasteiger partial charge in [-0.15, -0.1) is 0 Å². The van der Waals surface area contributed by atoms with Crippen molar-refractivity contribution in [2.75, 3.05) is 0 Å². The molecule has 0 bridgehead atoms. The lowest BCUT2D eigenvalue weighted by atomic mass is 11.6. The Morgan fingerprint density at radius 2 is 0.750 bits per heavy atom. The monoisotopic (exact) mass is 316 g/mol. The Morgan fingerprint density at radius 1 is 0.750 bits per heavy atom. The Kier molecular flexibility index (Phi) is 31.0. The van der Waals surface area contributed by atoms with Crippen molar-refractivity contribution < 1.29 is 44.1 Å². The molecule has 0 rings (SSSR count). The van der Waals surface area contributed by atoms with Crippen molar-refractivity contribution in [3.05, 3.63) is 0 Å². The third-order valence-corrected chi connectivity index (χ3v) is 0. The van der Waals surface area contributed by atoms with Gasteiger partial charge in [-0.2, -0.15) is 0 Å². The second-order valence-electron chi connectivity index (χ2n) is 1.13. The highest BCUT2D eigenvalue weighted by Crippen LogP contribution is 1.98. The molecule has 5 N–H and O–H groups in total. The van der Waals surface area contributed by atoms with E-state index in [0.29, 0.717) is 0 Å². The Balaban J connectivity index is -0.0000000600. The molecule has 0 aliphatic heterocycles. The van der Waals surface area contributed by atoms with Crippen LogP contribution in [0.2, 0.25) is 0 Å². The maximum Gasteiger partial charge on any atom is 0.361 e. The fourth-order valence-electron chi connectivity index (χ4n) is 0. The summed E-state index contributed by atoms with van der Waals surface area (Å²) in [7, 11) is -3.13. The minimum absolute atomic E-state index is 1.14. The van der Waals surface area contributed by atoms with E-state index in [2.05, 4.69) is 37.9 Å². The summed E-state index contributed by atoms with van der Waals surface area (Å²) < 4.78 is 8.74. The first-order valence-electron chi connectivity index (χ1n) is 2.61. The molecule has 0 atom stereocenters. The van der Waals surface area contributed by atoms with E-state index in [1.807, 2.05) is 0 Å². The van der Waals surface area contributed by atoms with E-state index in [1.54, 1.807) is 0 Å². The Bertz CT molecular complexity index is 166. The topological polar surface area (TPSA) is 169 Å². The minimum Gasteiger partial charge on any atom is -0.473 e. The molecule has 13 heteroatoms. The van der Waals surface area contributed by atoms with Gasteiger partial charge in [0.15, 0.2) is 0 Å². The van der Waals surface area contributed by atoms with Gasteiger partial charge in [0.25, 0.3) is 0 Å². The molecule has 0 heterocycles. The van der Waals surface area contributed by atoms with Crippen LogP contribution in [0.1, 0.15) is 0 Å². The highest BCUT2D eigenvalue weighted by Gasteiger charge is 1.68. The van der Waals surface area contributed by atoms with Gasteiger partial charge in [-0.05, 0) is 0 Å². The van der Waals surface area contributed by atoms with E-state index in [9.17, 15) is 0 Å². The van der Waals surface area contributed by atoms with Crippen molar-refractivity contribution in [3.63, 3.8) is 0 Å². The van der Waals surface area contributed by atoms with E-state index in [-0.39, 0.29) is 0 Å². The standard InChI is InChI=1S/3CH2O2S.H3O3P/c3*2-1(3)4;1-4(2)3/h3*4H,(H,2,3);4H,(H2,1,2,3). The molecule has 0 fully saturated rings. The van der Waals surface area contributed by atoms with Crippen LogP contribution >= 0.6 is 46.1 Å². The van der Waals surface area contributed by atoms with Crippen molar-refractivity contribution in [2.24, 2.45) is 0 Å². The van der Waals surface area contributed by atoms with Crippen molar-refractivity contribution >= 4 is 62.0 Å². The van der Waals surface area contributed by atoms with Gasteiger partial charge in [0.1, 0.15) is 0 Å². The van der Waals surface area contributed by atoms with Crippen molar-refractivity contribution in [1.82, 2.24) is 0 Å². The quantitative estimate of drug-likeness (QED) is 0.241. The highest BCUT2D eigenvalue weighted by atomic mass is 32.1. The summed E-state index contributed by atoms with van der Waals surface area (Å²) in [5.74, 6) is 0. The lowest BCUT2D eigenvalue weighted by Gasteiger charge is -1.61. The van der Waals surface area contributed by atoms with Gasteiger partial charge < -0.3 is 25.1 Å². The first-order chi connectivity index (χ1) is 6.93. The number of thiol groups is 3. The second-order valence-corrected chi connectivity index (χ2v) is 2.84. The summed E-state index contributed by atoms with van der Waals surface area (Å²) in [4.78, 5) is 40.9. The molecular formula is C3H9O9PS3. The first-order valence-corrected chi connectivity index (χ1v) is 5.25. The zero-order valence-electron chi connectivity index (χ0n) is 7.21. The van der Waals surface area contributed by atoms with Crippen LogP contribution in [0, 0.1) is 0 Å². The van der Waals surface area contributed by atoms with Crippen LogP contribution < -0.4 is 0 Å². The van der Waals surface area contributed by atoms with Crippen molar-refractivity contribution in [3.8, 4) is 0 Å². The molecule has 0 aromatic carbocycles. The normalized spacial score (nSPS) is 6.88. The van der Waals surface area contributed by atoms with Crippen molar-refractivity contribution in [2.45, 2.75) is 0 Å². The van der Waals surface area contributed by atoms with Crippen LogP contribution in [0.15, 0.2) is 0 Å². The lowest BCUT2D eigenvalue weighted by Crippen LogP contribution is -1.67. The van der Waals surface area contributed by atoms with E-state index in [4.69, 9.17) is 44.1 Å². The third kappa shape index (κ3) is 14200. The third-order valence-electron chi connectivity index (χ3n) is 0. The zero-order valence-corrected chi connectivity index (χ0v) is 10.9. The van der Waals surface area contributed by atoms with E-state index in [0.717, 1.165) is 0 Å². The minimum atomic E-state index is -3.13. The predicted molar refractivity (Wildman–Crippen MR) is 64.5 cm³/mol. The summed E-state index contributed by atoms with van der Waals surface area (Å²) in [5, 5.41) is 18.4. The lowest BCUT2D eigenvalue weighted by molar-refractivity contribution is 0.221. The molecule has 0 radical (unpaired) electrons. The molecular weight excluding hydrogens is 307 g/mol. The Hall–Kier alpha value is -0.390. The fourth-order valence-corrected chi connectivity index (χ4v) is 0. The number of hydrogen-bond donors (Lipinski definition) is 8. The number of carboxylic acid groups (broad SMARTS) is 3. The van der Waals surface area contributed by atoms with E-state index in [1.165, 1.54) is 0 Å². The van der Waals surface area contributed by atoms with E-state index >= 15 is 0 Å². The number of carbonyl (C=O) groups is 3. The van der Waals surface area contributed by atoms with Gasteiger partial charge in [0, 0.05) is 0 Å². The van der Waals surface area contributed by atoms with Crippen LogP contribution in [0.25, 0.3) is 0 Å². The van der Waals surface area contributed by atoms with Crippen LogP contribution in [0.3, 0.4) is 0 Å². The molecule has 0 spiro atoms. The molecule has 0 saturated carbocycles. The molecule has 98 valence electrons. The summed E-state index contributed by atoms with van der Waals surface area (Å²) in [6.45, 7) is 0. The van der Waals surface area contributed by atoms with Crippen LogP contribution in [0.5, 0.6) is 0 Å². The molecule has 0 saturated heterocycles.